The molecule has 1 fully saturated rings. The maximum Gasteiger partial charge on any atom is 0.274 e. The molecule has 4 heterocycles. The third-order valence-electron chi connectivity index (χ3n) is 6.24. The van der Waals surface area contributed by atoms with Crippen LogP contribution in [0.4, 0.5) is 0 Å². The molecule has 0 radical (unpaired) electrons. The highest BCUT2D eigenvalue weighted by molar-refractivity contribution is 7.90. The SMILES string of the molecule is Cc1nc(-c2cccc(-n3nc(C(=O)N4CCOCC4)c4c3-c3ccccc3S(=O)(=O)C4)c2)n[nH]1. The fourth-order valence-electron chi connectivity index (χ4n) is 4.59. The standard InChI is InChI=1S/C24H22N6O4S/c1-15-25-23(27-26-15)16-5-4-6-17(13-16)30-22-18-7-2-3-8-20(18)35(32,33)14-19(22)21(28-30)24(31)29-9-11-34-12-10-29/h2-8,13H,9-12,14H2,1H3,(H,25,26,27). The van der Waals surface area contributed by atoms with Crippen molar-refractivity contribution in [3.05, 3.63) is 65.6 Å². The number of H-pyrrole nitrogens is 1. The molecule has 2 aromatic heterocycles. The van der Waals surface area contributed by atoms with E-state index in [1.165, 1.54) is 0 Å². The molecule has 0 bridgehead atoms. The van der Waals surface area contributed by atoms with Gasteiger partial charge in [0.15, 0.2) is 21.4 Å². The Morgan fingerprint density at radius 1 is 1.09 bits per heavy atom. The molecule has 35 heavy (non-hydrogen) atoms. The monoisotopic (exact) mass is 490 g/mol. The van der Waals surface area contributed by atoms with Crippen LogP contribution in [0.1, 0.15) is 21.9 Å². The first-order valence-electron chi connectivity index (χ1n) is 11.2. The van der Waals surface area contributed by atoms with E-state index in [2.05, 4.69) is 15.2 Å². The number of aryl methyl sites for hydroxylation is 1. The van der Waals surface area contributed by atoms with Crippen molar-refractivity contribution in [2.24, 2.45) is 0 Å². The van der Waals surface area contributed by atoms with Gasteiger partial charge in [-0.15, -0.1) is 0 Å². The van der Waals surface area contributed by atoms with Gasteiger partial charge in [0.1, 0.15) is 5.82 Å². The lowest BCUT2D eigenvalue weighted by Crippen LogP contribution is -2.41. The Hall–Kier alpha value is -3.83. The molecule has 0 saturated carbocycles. The second kappa shape index (κ2) is 8.14. The molecular formula is C24H22N6O4S. The summed E-state index contributed by atoms with van der Waals surface area (Å²) in [6, 6.07) is 14.3. The number of rotatable bonds is 3. The quantitative estimate of drug-likeness (QED) is 0.468. The number of carbonyl (C=O) groups excluding carboxylic acids is 1. The molecule has 0 spiro atoms. The minimum absolute atomic E-state index is 0.152. The molecule has 0 unspecified atom stereocenters. The van der Waals surface area contributed by atoms with Crippen LogP contribution in [0.5, 0.6) is 0 Å². The van der Waals surface area contributed by atoms with Gasteiger partial charge in [-0.1, -0.05) is 30.3 Å². The highest BCUT2D eigenvalue weighted by Crippen LogP contribution is 2.41. The molecule has 4 aromatic rings. The fraction of sp³-hybridized carbons (Fsp3) is 0.250. The number of nitrogens with zero attached hydrogens (tertiary/aromatic N) is 5. The number of aromatic nitrogens is 5. The predicted molar refractivity (Wildman–Crippen MR) is 127 cm³/mol. The Balaban J connectivity index is 1.56. The molecule has 10 nitrogen and oxygen atoms in total. The second-order valence-electron chi connectivity index (χ2n) is 8.54. The van der Waals surface area contributed by atoms with Gasteiger partial charge in [0.25, 0.3) is 5.91 Å². The van der Waals surface area contributed by atoms with Crippen LogP contribution >= 0.6 is 0 Å². The molecule has 1 amide bonds. The van der Waals surface area contributed by atoms with E-state index in [4.69, 9.17) is 9.84 Å². The molecule has 178 valence electrons. The number of morpholine rings is 1. The molecule has 2 aliphatic heterocycles. The van der Waals surface area contributed by atoms with Crippen molar-refractivity contribution in [1.82, 2.24) is 29.9 Å². The van der Waals surface area contributed by atoms with Gasteiger partial charge in [-0.05, 0) is 25.1 Å². The van der Waals surface area contributed by atoms with Crippen LogP contribution in [-0.4, -0.2) is 70.5 Å². The first-order chi connectivity index (χ1) is 16.9. The largest absolute Gasteiger partial charge is 0.378 e. The lowest BCUT2D eigenvalue weighted by molar-refractivity contribution is 0.0298. The van der Waals surface area contributed by atoms with Crippen molar-refractivity contribution in [1.29, 1.82) is 0 Å². The zero-order valence-electron chi connectivity index (χ0n) is 18.9. The highest BCUT2D eigenvalue weighted by Gasteiger charge is 2.37. The van der Waals surface area contributed by atoms with Crippen molar-refractivity contribution in [3.63, 3.8) is 0 Å². The van der Waals surface area contributed by atoms with E-state index < -0.39 is 9.84 Å². The summed E-state index contributed by atoms with van der Waals surface area (Å²) in [5, 5.41) is 11.8. The van der Waals surface area contributed by atoms with Crippen LogP contribution in [-0.2, 0) is 20.3 Å². The number of hydrogen-bond donors (Lipinski definition) is 1. The van der Waals surface area contributed by atoms with Crippen LogP contribution in [0.15, 0.2) is 53.4 Å². The predicted octanol–water partition coefficient (Wildman–Crippen LogP) is 2.39. The number of nitrogens with one attached hydrogen (secondary N) is 1. The topological polar surface area (TPSA) is 123 Å². The van der Waals surface area contributed by atoms with Crippen molar-refractivity contribution in [2.75, 3.05) is 26.3 Å². The molecule has 2 aromatic carbocycles. The van der Waals surface area contributed by atoms with Crippen molar-refractivity contribution >= 4 is 15.7 Å². The summed E-state index contributed by atoms with van der Waals surface area (Å²) in [4.78, 5) is 19.8. The Kier molecular flexibility index (Phi) is 5.04. The number of sulfone groups is 1. The molecule has 0 atom stereocenters. The van der Waals surface area contributed by atoms with Gasteiger partial charge in [0.2, 0.25) is 0 Å². The maximum absolute atomic E-state index is 13.5. The normalized spacial score (nSPS) is 16.5. The maximum atomic E-state index is 13.5. The minimum Gasteiger partial charge on any atom is -0.378 e. The second-order valence-corrected chi connectivity index (χ2v) is 10.5. The third kappa shape index (κ3) is 3.63. The average molecular weight is 491 g/mol. The highest BCUT2D eigenvalue weighted by atomic mass is 32.2. The summed E-state index contributed by atoms with van der Waals surface area (Å²) >= 11 is 0. The van der Waals surface area contributed by atoms with Crippen LogP contribution in [0.2, 0.25) is 0 Å². The molecule has 0 aliphatic carbocycles. The van der Waals surface area contributed by atoms with Gasteiger partial charge >= 0.3 is 0 Å². The number of hydrogen-bond acceptors (Lipinski definition) is 7. The fourth-order valence-corrected chi connectivity index (χ4v) is 6.18. The summed E-state index contributed by atoms with van der Waals surface area (Å²) in [5.41, 5.74) is 3.15. The van der Waals surface area contributed by atoms with E-state index in [-0.39, 0.29) is 22.2 Å². The summed E-state index contributed by atoms with van der Waals surface area (Å²) < 4.78 is 33.4. The van der Waals surface area contributed by atoms with Crippen LogP contribution in [0.25, 0.3) is 28.3 Å². The zero-order valence-corrected chi connectivity index (χ0v) is 19.7. The number of benzene rings is 2. The van der Waals surface area contributed by atoms with Crippen LogP contribution < -0.4 is 0 Å². The number of amides is 1. The number of aromatic amines is 1. The molecule has 11 heteroatoms. The van der Waals surface area contributed by atoms with Gasteiger partial charge in [-0.3, -0.25) is 9.89 Å². The van der Waals surface area contributed by atoms with Gasteiger partial charge < -0.3 is 9.64 Å². The lowest BCUT2D eigenvalue weighted by Gasteiger charge is -2.26. The lowest BCUT2D eigenvalue weighted by atomic mass is 10.0. The average Bonchev–Trinajstić information content (AvgIpc) is 3.48. The third-order valence-corrected chi connectivity index (χ3v) is 7.94. The number of carbonyl (C=O) groups is 1. The Morgan fingerprint density at radius 2 is 1.89 bits per heavy atom. The van der Waals surface area contributed by atoms with E-state index in [0.29, 0.717) is 60.5 Å². The van der Waals surface area contributed by atoms with Gasteiger partial charge in [-0.2, -0.15) is 10.2 Å². The van der Waals surface area contributed by atoms with E-state index in [9.17, 15) is 13.2 Å². The van der Waals surface area contributed by atoms with E-state index in [0.717, 1.165) is 5.56 Å². The summed E-state index contributed by atoms with van der Waals surface area (Å²) in [7, 11) is -3.63. The molecular weight excluding hydrogens is 468 g/mol. The Bertz CT molecular complexity index is 1570. The van der Waals surface area contributed by atoms with Crippen molar-refractivity contribution < 1.29 is 17.9 Å². The molecule has 6 rings (SSSR count). The van der Waals surface area contributed by atoms with Gasteiger partial charge in [-0.25, -0.2) is 18.1 Å². The number of fused-ring (bicyclic) bond motifs is 3. The summed E-state index contributed by atoms with van der Waals surface area (Å²) in [6.45, 7) is 3.57. The van der Waals surface area contributed by atoms with Crippen molar-refractivity contribution in [3.8, 4) is 28.3 Å². The van der Waals surface area contributed by atoms with Crippen LogP contribution in [0.3, 0.4) is 0 Å². The first-order valence-corrected chi connectivity index (χ1v) is 12.9. The van der Waals surface area contributed by atoms with E-state index in [1.807, 2.05) is 31.2 Å². The summed E-state index contributed by atoms with van der Waals surface area (Å²) in [5.74, 6) is 0.654. The number of ether oxygens (including phenoxy) is 1. The molecule has 1 saturated heterocycles. The Labute approximate surface area is 201 Å². The zero-order chi connectivity index (χ0) is 24.2. The molecule has 1 N–H and O–H groups in total. The summed E-state index contributed by atoms with van der Waals surface area (Å²) in [6.07, 6.45) is 0. The van der Waals surface area contributed by atoms with Crippen molar-refractivity contribution in [2.45, 2.75) is 17.6 Å². The molecule has 2 aliphatic rings. The van der Waals surface area contributed by atoms with Gasteiger partial charge in [0, 0.05) is 29.8 Å². The Morgan fingerprint density at radius 3 is 2.66 bits per heavy atom. The first kappa shape index (κ1) is 21.7. The smallest absolute Gasteiger partial charge is 0.274 e. The van der Waals surface area contributed by atoms with Crippen LogP contribution in [0, 0.1) is 6.92 Å². The van der Waals surface area contributed by atoms with E-state index in [1.54, 1.807) is 33.8 Å². The van der Waals surface area contributed by atoms with E-state index >= 15 is 0 Å². The van der Waals surface area contributed by atoms with Gasteiger partial charge in [0.05, 0.1) is 35.2 Å². The minimum atomic E-state index is -3.63.